The molecule has 0 aliphatic carbocycles. The van der Waals surface area contributed by atoms with E-state index in [4.69, 9.17) is 0 Å². The van der Waals surface area contributed by atoms with Crippen LogP contribution in [-0.4, -0.2) is 24.9 Å². The van der Waals surface area contributed by atoms with E-state index in [1.165, 1.54) is 11.6 Å². The average molecular weight is 507 g/mol. The molecule has 0 fully saturated rings. The first-order valence-corrected chi connectivity index (χ1v) is 11.1. The molecule has 0 saturated carbocycles. The molecule has 0 spiro atoms. The summed E-state index contributed by atoms with van der Waals surface area (Å²) < 4.78 is 4.95. The highest BCUT2D eigenvalue weighted by atomic mass is 79.9. The third-order valence-corrected chi connectivity index (χ3v) is 5.70. The van der Waals surface area contributed by atoms with Gasteiger partial charge in [0.05, 0.1) is 12.8 Å². The van der Waals surface area contributed by atoms with Gasteiger partial charge >= 0.3 is 5.69 Å². The fourth-order valence-corrected chi connectivity index (χ4v) is 3.83. The number of hydrogen-bond acceptors (Lipinski definition) is 5. The summed E-state index contributed by atoms with van der Waals surface area (Å²) in [5.74, 6) is 0.361. The second-order valence-corrected chi connectivity index (χ2v) is 8.61. The number of hydrazone groups is 1. The van der Waals surface area contributed by atoms with Gasteiger partial charge in [-0.2, -0.15) is 10.1 Å². The lowest BCUT2D eigenvalue weighted by atomic mass is 10.1. The summed E-state index contributed by atoms with van der Waals surface area (Å²) in [6.45, 7) is 2.41. The van der Waals surface area contributed by atoms with Gasteiger partial charge in [0.25, 0.3) is 5.56 Å². The van der Waals surface area contributed by atoms with Gasteiger partial charge in [0.1, 0.15) is 0 Å². The first-order valence-electron chi connectivity index (χ1n) is 10.3. The van der Waals surface area contributed by atoms with Crippen molar-refractivity contribution in [2.24, 2.45) is 19.2 Å². The van der Waals surface area contributed by atoms with Crippen molar-refractivity contribution < 1.29 is 0 Å². The van der Waals surface area contributed by atoms with Gasteiger partial charge < -0.3 is 0 Å². The molecule has 33 heavy (non-hydrogen) atoms. The van der Waals surface area contributed by atoms with Crippen molar-refractivity contribution in [3.05, 3.63) is 96.6 Å². The second-order valence-electron chi connectivity index (χ2n) is 7.70. The van der Waals surface area contributed by atoms with Gasteiger partial charge in [-0.15, -0.1) is 0 Å². The molecule has 9 heteroatoms. The number of rotatable bonds is 6. The zero-order chi connectivity index (χ0) is 23.5. The van der Waals surface area contributed by atoms with Crippen LogP contribution in [0.5, 0.6) is 0 Å². The Labute approximate surface area is 198 Å². The molecule has 0 radical (unpaired) electrons. The van der Waals surface area contributed by atoms with Crippen molar-refractivity contribution in [1.82, 2.24) is 18.7 Å². The van der Waals surface area contributed by atoms with E-state index >= 15 is 0 Å². The normalized spacial score (nSPS) is 12.1. The number of fused-ring (bicyclic) bond motifs is 1. The summed E-state index contributed by atoms with van der Waals surface area (Å²) in [4.78, 5) is 29.9. The maximum atomic E-state index is 13.0. The van der Waals surface area contributed by atoms with Crippen molar-refractivity contribution in [3.8, 4) is 0 Å². The number of allylic oxidation sites excluding steroid dienone is 1. The van der Waals surface area contributed by atoms with E-state index in [1.54, 1.807) is 17.8 Å². The minimum absolute atomic E-state index is 0.298. The molecule has 8 nitrogen and oxygen atoms in total. The smallest absolute Gasteiger partial charge is 0.298 e. The number of aromatic nitrogens is 4. The summed E-state index contributed by atoms with van der Waals surface area (Å²) in [7, 11) is 3.06. The summed E-state index contributed by atoms with van der Waals surface area (Å²) in [6.07, 6.45) is 3.54. The molecule has 4 aromatic rings. The van der Waals surface area contributed by atoms with E-state index < -0.39 is 11.2 Å². The quantitative estimate of drug-likeness (QED) is 0.319. The van der Waals surface area contributed by atoms with Crippen LogP contribution in [0.25, 0.3) is 17.2 Å². The molecule has 1 N–H and O–H groups in total. The van der Waals surface area contributed by atoms with Gasteiger partial charge in [-0.3, -0.25) is 18.5 Å². The minimum Gasteiger partial charge on any atom is -0.298 e. The van der Waals surface area contributed by atoms with E-state index in [9.17, 15) is 9.59 Å². The Morgan fingerprint density at radius 3 is 2.45 bits per heavy atom. The maximum absolute atomic E-state index is 13.0. The molecular weight excluding hydrogens is 484 g/mol. The number of anilines is 1. The van der Waals surface area contributed by atoms with Crippen LogP contribution in [0.4, 0.5) is 5.95 Å². The van der Waals surface area contributed by atoms with Crippen LogP contribution in [0, 0.1) is 6.92 Å². The van der Waals surface area contributed by atoms with Crippen LogP contribution >= 0.6 is 15.9 Å². The third-order valence-electron chi connectivity index (χ3n) is 5.27. The predicted octanol–water partition coefficient (Wildman–Crippen LogP) is 3.62. The highest BCUT2D eigenvalue weighted by Crippen LogP contribution is 2.18. The molecule has 0 atom stereocenters. The molecule has 4 rings (SSSR count). The van der Waals surface area contributed by atoms with Gasteiger partial charge in [-0.1, -0.05) is 60.2 Å². The average Bonchev–Trinajstić information content (AvgIpc) is 3.16. The van der Waals surface area contributed by atoms with E-state index in [2.05, 4.69) is 31.4 Å². The first kappa shape index (κ1) is 22.5. The number of imidazole rings is 1. The lowest BCUT2D eigenvalue weighted by molar-refractivity contribution is 0.702. The molecule has 0 unspecified atom stereocenters. The van der Waals surface area contributed by atoms with Gasteiger partial charge in [0.2, 0.25) is 5.95 Å². The molecule has 2 aromatic heterocycles. The number of nitrogens with zero attached hydrogens (tertiary/aromatic N) is 5. The van der Waals surface area contributed by atoms with Crippen LogP contribution in [0.15, 0.2) is 73.8 Å². The molecule has 2 heterocycles. The van der Waals surface area contributed by atoms with Crippen molar-refractivity contribution in [2.75, 3.05) is 5.43 Å². The molecule has 0 amide bonds. The summed E-state index contributed by atoms with van der Waals surface area (Å²) >= 11 is 3.49. The van der Waals surface area contributed by atoms with Crippen LogP contribution in [0.2, 0.25) is 0 Å². The Morgan fingerprint density at radius 2 is 1.76 bits per heavy atom. The van der Waals surface area contributed by atoms with Crippen LogP contribution in [0.3, 0.4) is 0 Å². The monoisotopic (exact) mass is 506 g/mol. The third kappa shape index (κ3) is 4.73. The highest BCUT2D eigenvalue weighted by molar-refractivity contribution is 9.12. The summed E-state index contributed by atoms with van der Waals surface area (Å²) in [5, 5.41) is 4.28. The zero-order valence-electron chi connectivity index (χ0n) is 18.5. The van der Waals surface area contributed by atoms with E-state index in [0.717, 1.165) is 25.7 Å². The Hall–Kier alpha value is -3.72. The number of benzene rings is 2. The van der Waals surface area contributed by atoms with E-state index in [0.29, 0.717) is 23.7 Å². The predicted molar refractivity (Wildman–Crippen MR) is 136 cm³/mol. The minimum atomic E-state index is -0.434. The maximum Gasteiger partial charge on any atom is 0.332 e. The lowest BCUT2D eigenvalue weighted by Gasteiger charge is -2.09. The van der Waals surface area contributed by atoms with Crippen LogP contribution in [0.1, 0.15) is 16.7 Å². The Balaban J connectivity index is 1.75. The molecule has 0 saturated heterocycles. The number of nitrogens with one attached hydrogen (secondary N) is 1. The molecular formula is C24H23BrN6O2. The Bertz CT molecular complexity index is 1480. The van der Waals surface area contributed by atoms with Gasteiger partial charge in [-0.25, -0.2) is 10.2 Å². The van der Waals surface area contributed by atoms with Crippen molar-refractivity contribution >= 4 is 45.3 Å². The highest BCUT2D eigenvalue weighted by Gasteiger charge is 2.19. The van der Waals surface area contributed by atoms with Gasteiger partial charge in [-0.05, 0) is 40.1 Å². The van der Waals surface area contributed by atoms with Crippen LogP contribution in [-0.2, 0) is 20.6 Å². The standard InChI is InChI=1S/C24H23BrN6O2/c1-16-9-11-18(12-10-16)15-31-20-21(29(2)24(33)30(3)22(20)32)27-23(31)28-26-14-19(25)13-17-7-5-4-6-8-17/h4-14H,15H2,1-3H3,(H,27,28). The van der Waals surface area contributed by atoms with Crippen molar-refractivity contribution in [2.45, 2.75) is 13.5 Å². The number of hydrogen-bond donors (Lipinski definition) is 1. The number of halogens is 1. The second kappa shape index (κ2) is 9.41. The SMILES string of the molecule is Cc1ccc(Cn2c(NN=CC(Br)=Cc3ccccc3)nc3c2c(=O)n(C)c(=O)n3C)cc1. The van der Waals surface area contributed by atoms with Gasteiger partial charge in [0.15, 0.2) is 11.2 Å². The van der Waals surface area contributed by atoms with Crippen molar-refractivity contribution in [1.29, 1.82) is 0 Å². The lowest BCUT2D eigenvalue weighted by Crippen LogP contribution is -2.37. The Morgan fingerprint density at radius 1 is 1.06 bits per heavy atom. The van der Waals surface area contributed by atoms with E-state index in [-0.39, 0.29) is 0 Å². The summed E-state index contributed by atoms with van der Waals surface area (Å²) in [5.41, 5.74) is 5.88. The summed E-state index contributed by atoms with van der Waals surface area (Å²) in [6, 6.07) is 17.9. The molecule has 2 aromatic carbocycles. The molecule has 0 bridgehead atoms. The molecule has 168 valence electrons. The van der Waals surface area contributed by atoms with Crippen LogP contribution < -0.4 is 16.7 Å². The number of aryl methyl sites for hydroxylation is 2. The largest absolute Gasteiger partial charge is 0.332 e. The fraction of sp³-hybridized carbons (Fsp3) is 0.167. The molecule has 0 aliphatic heterocycles. The first-order chi connectivity index (χ1) is 15.8. The Kier molecular flexibility index (Phi) is 6.41. The van der Waals surface area contributed by atoms with Crippen molar-refractivity contribution in [3.63, 3.8) is 0 Å². The fourth-order valence-electron chi connectivity index (χ4n) is 3.46. The zero-order valence-corrected chi connectivity index (χ0v) is 20.1. The molecule has 0 aliphatic rings. The van der Waals surface area contributed by atoms with E-state index in [1.807, 2.05) is 67.6 Å². The topological polar surface area (TPSA) is 86.2 Å². The van der Waals surface area contributed by atoms with Gasteiger partial charge in [0, 0.05) is 18.6 Å².